The van der Waals surface area contributed by atoms with Gasteiger partial charge in [-0.3, -0.25) is 19.2 Å². The third kappa shape index (κ3) is 7.29. The first-order valence-electron chi connectivity index (χ1n) is 7.99. The second kappa shape index (κ2) is 10.1. The minimum absolute atomic E-state index is 0.0661. The lowest BCUT2D eigenvalue weighted by Gasteiger charge is -2.21. The Morgan fingerprint density at radius 1 is 1.12 bits per heavy atom. The van der Waals surface area contributed by atoms with Crippen LogP contribution in [0.2, 0.25) is 0 Å². The van der Waals surface area contributed by atoms with Crippen molar-refractivity contribution in [2.45, 2.75) is 38.8 Å². The van der Waals surface area contributed by atoms with Gasteiger partial charge in [0, 0.05) is 13.3 Å². The molecule has 0 aliphatic rings. The molecule has 0 bridgehead atoms. The van der Waals surface area contributed by atoms with E-state index in [4.69, 9.17) is 10.5 Å². The number of amides is 3. The largest absolute Gasteiger partial charge is 0.466 e. The number of primary amides is 1. The maximum Gasteiger partial charge on any atom is 0.308 e. The summed E-state index contributed by atoms with van der Waals surface area (Å²) < 4.78 is 17.7. The third-order valence-electron chi connectivity index (χ3n) is 3.38. The van der Waals surface area contributed by atoms with Gasteiger partial charge in [0.25, 0.3) is 0 Å². The number of esters is 1. The summed E-state index contributed by atoms with van der Waals surface area (Å²) in [7, 11) is 0. The lowest BCUT2D eigenvalue weighted by atomic mass is 10.0. The summed E-state index contributed by atoms with van der Waals surface area (Å²) in [6.45, 7) is 2.96. The molecule has 0 spiro atoms. The van der Waals surface area contributed by atoms with Gasteiger partial charge in [-0.25, -0.2) is 4.39 Å². The van der Waals surface area contributed by atoms with Crippen LogP contribution in [0.5, 0.6) is 0 Å². The molecule has 0 unspecified atom stereocenters. The average Bonchev–Trinajstić information content (AvgIpc) is 2.55. The number of ether oxygens (including phenoxy) is 1. The molecule has 1 aromatic carbocycles. The maximum absolute atomic E-state index is 13.0. The van der Waals surface area contributed by atoms with Crippen molar-refractivity contribution < 1.29 is 28.3 Å². The smallest absolute Gasteiger partial charge is 0.308 e. The fourth-order valence-corrected chi connectivity index (χ4v) is 2.19. The van der Waals surface area contributed by atoms with Gasteiger partial charge in [0.05, 0.1) is 13.0 Å². The first-order valence-corrected chi connectivity index (χ1v) is 7.99. The van der Waals surface area contributed by atoms with Crippen molar-refractivity contribution in [2.24, 2.45) is 5.73 Å². The number of benzene rings is 1. The number of hydrogen-bond donors (Lipinski definition) is 3. The molecule has 4 N–H and O–H groups in total. The van der Waals surface area contributed by atoms with Crippen LogP contribution in [0, 0.1) is 5.82 Å². The fraction of sp³-hybridized carbons (Fsp3) is 0.412. The average molecular weight is 367 g/mol. The van der Waals surface area contributed by atoms with Gasteiger partial charge >= 0.3 is 5.97 Å². The van der Waals surface area contributed by atoms with Gasteiger partial charge in [0.2, 0.25) is 17.7 Å². The summed E-state index contributed by atoms with van der Waals surface area (Å²) in [5.74, 6) is -3.19. The van der Waals surface area contributed by atoms with E-state index in [0.29, 0.717) is 5.56 Å². The van der Waals surface area contributed by atoms with Crippen LogP contribution >= 0.6 is 0 Å². The van der Waals surface area contributed by atoms with Crippen LogP contribution in [0.25, 0.3) is 0 Å². The van der Waals surface area contributed by atoms with E-state index < -0.39 is 48.0 Å². The Bertz CT molecular complexity index is 663. The molecule has 0 radical (unpaired) electrons. The van der Waals surface area contributed by atoms with E-state index in [-0.39, 0.29) is 13.0 Å². The molecule has 1 rings (SSSR count). The van der Waals surface area contributed by atoms with Crippen molar-refractivity contribution in [3.05, 3.63) is 35.6 Å². The standard InChI is InChI=1S/C17H22FN3O5/c1-3-26-15(23)9-13(16(19)24)21-17(25)14(20-10(2)22)8-11-4-6-12(18)7-5-11/h4-7,13-14H,3,8-9H2,1-2H3,(H2,19,24)(H,20,22)(H,21,25)/t13-,14-/m1/s1. The van der Waals surface area contributed by atoms with Crippen molar-refractivity contribution in [3.8, 4) is 0 Å². The molecule has 0 aromatic heterocycles. The number of nitrogens with one attached hydrogen (secondary N) is 2. The van der Waals surface area contributed by atoms with Crippen LogP contribution < -0.4 is 16.4 Å². The van der Waals surface area contributed by atoms with Crippen molar-refractivity contribution in [3.63, 3.8) is 0 Å². The molecule has 0 aliphatic carbocycles. The highest BCUT2D eigenvalue weighted by Crippen LogP contribution is 2.07. The molecule has 9 heteroatoms. The van der Waals surface area contributed by atoms with Crippen LogP contribution in [-0.4, -0.2) is 42.4 Å². The normalized spacial score (nSPS) is 12.6. The topological polar surface area (TPSA) is 128 Å². The second-order valence-electron chi connectivity index (χ2n) is 5.56. The van der Waals surface area contributed by atoms with Gasteiger partial charge in [0.1, 0.15) is 17.9 Å². The van der Waals surface area contributed by atoms with E-state index in [1.807, 2.05) is 0 Å². The minimum atomic E-state index is -1.27. The van der Waals surface area contributed by atoms with Crippen molar-refractivity contribution in [1.29, 1.82) is 0 Å². The molecule has 0 aliphatic heterocycles. The van der Waals surface area contributed by atoms with E-state index in [1.165, 1.54) is 31.2 Å². The molecule has 0 saturated carbocycles. The molecular formula is C17H22FN3O5. The Kier molecular flexibility index (Phi) is 8.20. The molecular weight excluding hydrogens is 345 g/mol. The molecule has 142 valence electrons. The Hall–Kier alpha value is -2.97. The predicted octanol–water partition coefficient (Wildman–Crippen LogP) is -0.204. The van der Waals surface area contributed by atoms with Gasteiger partial charge in [-0.05, 0) is 24.6 Å². The Balaban J connectivity index is 2.85. The zero-order valence-corrected chi connectivity index (χ0v) is 14.6. The summed E-state index contributed by atoms with van der Waals surface area (Å²) in [4.78, 5) is 46.8. The molecule has 0 heterocycles. The van der Waals surface area contributed by atoms with Gasteiger partial charge in [-0.15, -0.1) is 0 Å². The van der Waals surface area contributed by atoms with E-state index in [2.05, 4.69) is 10.6 Å². The number of nitrogens with two attached hydrogens (primary N) is 1. The molecule has 26 heavy (non-hydrogen) atoms. The van der Waals surface area contributed by atoms with E-state index in [0.717, 1.165) is 0 Å². The number of carbonyl (C=O) groups is 4. The van der Waals surface area contributed by atoms with Gasteiger partial charge in [-0.2, -0.15) is 0 Å². The lowest BCUT2D eigenvalue weighted by molar-refractivity contribution is -0.145. The maximum atomic E-state index is 13.0. The number of carbonyl (C=O) groups excluding carboxylic acids is 4. The van der Waals surface area contributed by atoms with Crippen molar-refractivity contribution in [2.75, 3.05) is 6.61 Å². The van der Waals surface area contributed by atoms with Crippen LogP contribution in [0.15, 0.2) is 24.3 Å². The molecule has 1 aromatic rings. The van der Waals surface area contributed by atoms with E-state index >= 15 is 0 Å². The molecule has 8 nitrogen and oxygen atoms in total. The van der Waals surface area contributed by atoms with Crippen LogP contribution in [0.3, 0.4) is 0 Å². The quantitative estimate of drug-likeness (QED) is 0.521. The predicted molar refractivity (Wildman–Crippen MR) is 90.1 cm³/mol. The van der Waals surface area contributed by atoms with Crippen molar-refractivity contribution in [1.82, 2.24) is 10.6 Å². The summed E-state index contributed by atoms with van der Waals surface area (Å²) in [5.41, 5.74) is 5.81. The first-order chi connectivity index (χ1) is 12.2. The number of rotatable bonds is 9. The molecule has 2 atom stereocenters. The highest BCUT2D eigenvalue weighted by molar-refractivity contribution is 5.93. The van der Waals surface area contributed by atoms with Gasteiger partial charge in [-0.1, -0.05) is 12.1 Å². The molecule has 3 amide bonds. The Morgan fingerprint density at radius 3 is 2.23 bits per heavy atom. The molecule has 0 saturated heterocycles. The van der Waals surface area contributed by atoms with Gasteiger partial charge < -0.3 is 21.1 Å². The monoisotopic (exact) mass is 367 g/mol. The summed E-state index contributed by atoms with van der Waals surface area (Å²) in [6.07, 6.45) is -0.352. The number of halogens is 1. The van der Waals surface area contributed by atoms with Crippen molar-refractivity contribution >= 4 is 23.7 Å². The number of hydrogen-bond acceptors (Lipinski definition) is 5. The van der Waals surface area contributed by atoms with E-state index in [9.17, 15) is 23.6 Å². The SMILES string of the molecule is CCOC(=O)C[C@@H](NC(=O)[C@@H](Cc1ccc(F)cc1)NC(C)=O)C(N)=O. The Labute approximate surface area is 150 Å². The zero-order valence-electron chi connectivity index (χ0n) is 14.6. The van der Waals surface area contributed by atoms with Crippen LogP contribution in [-0.2, 0) is 30.3 Å². The first kappa shape index (κ1) is 21.1. The van der Waals surface area contributed by atoms with E-state index in [1.54, 1.807) is 6.92 Å². The highest BCUT2D eigenvalue weighted by Gasteiger charge is 2.27. The van der Waals surface area contributed by atoms with Crippen LogP contribution in [0.4, 0.5) is 4.39 Å². The zero-order chi connectivity index (χ0) is 19.7. The summed E-state index contributed by atoms with van der Waals surface area (Å²) in [5, 5.41) is 4.79. The summed E-state index contributed by atoms with van der Waals surface area (Å²) in [6, 6.07) is 3.10. The minimum Gasteiger partial charge on any atom is -0.466 e. The third-order valence-corrected chi connectivity index (χ3v) is 3.38. The fourth-order valence-electron chi connectivity index (χ4n) is 2.19. The summed E-state index contributed by atoms with van der Waals surface area (Å²) >= 11 is 0. The second-order valence-corrected chi connectivity index (χ2v) is 5.56. The van der Waals surface area contributed by atoms with Gasteiger partial charge in [0.15, 0.2) is 0 Å². The Morgan fingerprint density at radius 2 is 1.73 bits per heavy atom. The van der Waals surface area contributed by atoms with Crippen LogP contribution in [0.1, 0.15) is 25.8 Å². The molecule has 0 fully saturated rings. The highest BCUT2D eigenvalue weighted by atomic mass is 19.1. The lowest BCUT2D eigenvalue weighted by Crippen LogP contribution is -2.54.